The number of halogens is 2. The molecule has 4 rings (SSSR count). The molecule has 1 aliphatic heterocycles. The number of methoxy groups -OCH3 is 1. The summed E-state index contributed by atoms with van der Waals surface area (Å²) >= 11 is 0. The van der Waals surface area contributed by atoms with Crippen molar-refractivity contribution in [3.63, 3.8) is 0 Å². The molecule has 1 saturated heterocycles. The molecule has 0 aliphatic carbocycles. The average Bonchev–Trinajstić information content (AvgIpc) is 2.72. The van der Waals surface area contributed by atoms with Crippen molar-refractivity contribution in [3.8, 4) is 11.3 Å². The van der Waals surface area contributed by atoms with Crippen molar-refractivity contribution in [3.05, 3.63) is 71.4 Å². The lowest BCUT2D eigenvalue weighted by Gasteiger charge is -2.36. The number of nitrogens with one attached hydrogen (secondary N) is 1. The number of anilines is 2. The number of hydrogen-bond donors (Lipinski definition) is 2. The van der Waals surface area contributed by atoms with Gasteiger partial charge in [0.05, 0.1) is 31.6 Å². The van der Waals surface area contributed by atoms with Crippen LogP contribution < -0.4 is 5.32 Å². The summed E-state index contributed by atoms with van der Waals surface area (Å²) in [7, 11) is 1.19. The molecule has 0 atom stereocenters. The molecule has 0 spiro atoms. The van der Waals surface area contributed by atoms with E-state index in [2.05, 4.69) is 15.5 Å². The van der Waals surface area contributed by atoms with E-state index in [0.29, 0.717) is 11.3 Å². The maximum Gasteiger partial charge on any atom is 0.360 e. The van der Waals surface area contributed by atoms with Gasteiger partial charge in [0.25, 0.3) is 0 Å². The number of hydrogen-bond acceptors (Lipinski definition) is 7. The smallest absolute Gasteiger partial charge is 0.360 e. The van der Waals surface area contributed by atoms with Gasteiger partial charge in [0.15, 0.2) is 5.69 Å². The third-order valence-corrected chi connectivity index (χ3v) is 4.77. The average molecular weight is 413 g/mol. The first kappa shape index (κ1) is 19.9. The molecule has 1 aliphatic rings. The maximum atomic E-state index is 14.2. The van der Waals surface area contributed by atoms with Crippen LogP contribution in [-0.2, 0) is 15.1 Å². The van der Waals surface area contributed by atoms with E-state index in [1.165, 1.54) is 19.2 Å². The van der Waals surface area contributed by atoms with Crippen molar-refractivity contribution < 1.29 is 28.2 Å². The van der Waals surface area contributed by atoms with Crippen LogP contribution in [0.25, 0.3) is 11.3 Å². The van der Waals surface area contributed by atoms with E-state index in [-0.39, 0.29) is 35.9 Å². The highest BCUT2D eigenvalue weighted by Gasteiger charge is 2.37. The van der Waals surface area contributed by atoms with E-state index >= 15 is 0 Å². The number of esters is 1. The molecule has 30 heavy (non-hydrogen) atoms. The van der Waals surface area contributed by atoms with Crippen molar-refractivity contribution in [2.45, 2.75) is 5.60 Å². The third kappa shape index (κ3) is 3.60. The maximum absolute atomic E-state index is 14.2. The lowest BCUT2D eigenvalue weighted by Crippen LogP contribution is -2.46. The zero-order chi connectivity index (χ0) is 21.3. The fourth-order valence-corrected chi connectivity index (χ4v) is 3.08. The lowest BCUT2D eigenvalue weighted by molar-refractivity contribution is -0.184. The Morgan fingerprint density at radius 3 is 2.37 bits per heavy atom. The Labute approximate surface area is 170 Å². The van der Waals surface area contributed by atoms with Gasteiger partial charge in [-0.15, -0.1) is 10.2 Å². The van der Waals surface area contributed by atoms with Gasteiger partial charge in [-0.1, -0.05) is 18.2 Å². The number of benzene rings is 2. The van der Waals surface area contributed by atoms with Crippen LogP contribution in [-0.4, -0.2) is 41.6 Å². The number of carbonyl (C=O) groups excluding carboxylic acids is 1. The number of nitrogens with zero attached hydrogens (tertiary/aromatic N) is 2. The van der Waals surface area contributed by atoms with Crippen molar-refractivity contribution in [2.24, 2.45) is 0 Å². The quantitative estimate of drug-likeness (QED) is 0.621. The molecule has 0 bridgehead atoms. The monoisotopic (exact) mass is 413 g/mol. The number of ether oxygens (including phenoxy) is 2. The molecule has 0 saturated carbocycles. The molecule has 2 heterocycles. The van der Waals surface area contributed by atoms with Crippen LogP contribution in [0.2, 0.25) is 0 Å². The first-order valence-electron chi connectivity index (χ1n) is 8.99. The highest BCUT2D eigenvalue weighted by Crippen LogP contribution is 2.32. The Kier molecular flexibility index (Phi) is 5.15. The first-order chi connectivity index (χ1) is 14.4. The summed E-state index contributed by atoms with van der Waals surface area (Å²) < 4.78 is 38.1. The van der Waals surface area contributed by atoms with Gasteiger partial charge in [0.1, 0.15) is 22.9 Å². The Bertz CT molecular complexity index is 1080. The topological polar surface area (TPSA) is 93.6 Å². The minimum atomic E-state index is -1.01. The molecule has 3 aromatic rings. The highest BCUT2D eigenvalue weighted by atomic mass is 19.1. The predicted molar refractivity (Wildman–Crippen MR) is 103 cm³/mol. The van der Waals surface area contributed by atoms with Crippen molar-refractivity contribution >= 4 is 17.3 Å². The van der Waals surface area contributed by atoms with E-state index in [4.69, 9.17) is 9.47 Å². The minimum absolute atomic E-state index is 0.0849. The number of aliphatic hydroxyl groups is 1. The van der Waals surface area contributed by atoms with Crippen LogP contribution in [0.5, 0.6) is 0 Å². The fraction of sp³-hybridized carbons (Fsp3) is 0.190. The van der Waals surface area contributed by atoms with Gasteiger partial charge in [-0.2, -0.15) is 0 Å². The number of carbonyl (C=O) groups is 1. The molecule has 0 radical (unpaired) electrons. The Hall–Kier alpha value is -3.43. The third-order valence-electron chi connectivity index (χ3n) is 4.77. The molecular formula is C21H17F2N3O4. The fourth-order valence-electron chi connectivity index (χ4n) is 3.08. The minimum Gasteiger partial charge on any atom is -0.464 e. The van der Waals surface area contributed by atoms with E-state index in [0.717, 1.165) is 12.1 Å². The SMILES string of the molecule is COC(=O)c1nnc(-c2c(F)cccc2F)cc1Nc1ccc(C2(O)COC2)cc1. The second-order valence-electron chi connectivity index (χ2n) is 6.81. The van der Waals surface area contributed by atoms with Gasteiger partial charge in [-0.25, -0.2) is 13.6 Å². The Morgan fingerprint density at radius 1 is 1.13 bits per heavy atom. The van der Waals surface area contributed by atoms with Crippen LogP contribution in [0.4, 0.5) is 20.2 Å². The Morgan fingerprint density at radius 2 is 1.80 bits per heavy atom. The largest absolute Gasteiger partial charge is 0.464 e. The van der Waals surface area contributed by atoms with Crippen LogP contribution >= 0.6 is 0 Å². The second kappa shape index (κ2) is 7.77. The van der Waals surface area contributed by atoms with Gasteiger partial charge in [-0.3, -0.25) is 0 Å². The van der Waals surface area contributed by atoms with E-state index in [9.17, 15) is 18.7 Å². The molecule has 7 nitrogen and oxygen atoms in total. The van der Waals surface area contributed by atoms with Crippen LogP contribution in [0.15, 0.2) is 48.5 Å². The summed E-state index contributed by atoms with van der Waals surface area (Å²) in [6.07, 6.45) is 0. The molecule has 1 fully saturated rings. The van der Waals surface area contributed by atoms with Gasteiger partial charge >= 0.3 is 5.97 Å². The van der Waals surface area contributed by atoms with Crippen molar-refractivity contribution in [2.75, 3.05) is 25.6 Å². The molecule has 0 amide bonds. The molecular weight excluding hydrogens is 396 g/mol. The summed E-state index contributed by atoms with van der Waals surface area (Å²) in [5.74, 6) is -2.37. The van der Waals surface area contributed by atoms with Gasteiger partial charge < -0.3 is 19.9 Å². The second-order valence-corrected chi connectivity index (χ2v) is 6.81. The number of aromatic nitrogens is 2. The summed E-state index contributed by atoms with van der Waals surface area (Å²) in [5.41, 5.74) is -0.190. The normalized spacial score (nSPS) is 14.7. The van der Waals surface area contributed by atoms with Crippen molar-refractivity contribution in [1.29, 1.82) is 0 Å². The lowest BCUT2D eigenvalue weighted by atomic mass is 9.92. The van der Waals surface area contributed by atoms with E-state index < -0.39 is 23.2 Å². The van der Waals surface area contributed by atoms with Gasteiger partial charge in [-0.05, 0) is 35.9 Å². The van der Waals surface area contributed by atoms with Crippen LogP contribution in [0, 0.1) is 11.6 Å². The number of rotatable bonds is 5. The highest BCUT2D eigenvalue weighted by molar-refractivity contribution is 5.94. The Balaban J connectivity index is 1.71. The molecule has 1 aromatic heterocycles. The first-order valence-corrected chi connectivity index (χ1v) is 8.99. The zero-order valence-corrected chi connectivity index (χ0v) is 15.9. The molecule has 9 heteroatoms. The van der Waals surface area contributed by atoms with Crippen LogP contribution in [0.3, 0.4) is 0 Å². The molecule has 154 valence electrons. The zero-order valence-electron chi connectivity index (χ0n) is 15.9. The molecule has 2 aromatic carbocycles. The molecule has 0 unspecified atom stereocenters. The summed E-state index contributed by atoms with van der Waals surface area (Å²) in [4.78, 5) is 12.1. The van der Waals surface area contributed by atoms with Gasteiger partial charge in [0, 0.05) is 5.69 Å². The van der Waals surface area contributed by atoms with Crippen LogP contribution in [0.1, 0.15) is 16.1 Å². The van der Waals surface area contributed by atoms with Gasteiger partial charge in [0.2, 0.25) is 0 Å². The molecule has 2 N–H and O–H groups in total. The van der Waals surface area contributed by atoms with E-state index in [1.807, 2.05) is 0 Å². The summed E-state index contributed by atoms with van der Waals surface area (Å²) in [6.45, 7) is 0.441. The summed E-state index contributed by atoms with van der Waals surface area (Å²) in [6, 6.07) is 11.6. The van der Waals surface area contributed by atoms with E-state index in [1.54, 1.807) is 24.3 Å². The predicted octanol–water partition coefficient (Wildman–Crippen LogP) is 3.17. The standard InChI is InChI=1S/C21H17F2N3O4/c1-29-20(27)19-17(9-16(25-26-19)18-14(22)3-2-4-15(18)23)24-13-7-5-12(6-8-13)21(28)10-30-11-21/h2-9,28H,10-11H2,1H3,(H,24,25). The van der Waals surface area contributed by atoms with Crippen molar-refractivity contribution in [1.82, 2.24) is 10.2 Å². The summed E-state index contributed by atoms with van der Waals surface area (Å²) in [5, 5.41) is 20.9.